The van der Waals surface area contributed by atoms with Crippen molar-refractivity contribution in [1.82, 2.24) is 10.6 Å². The fraction of sp³-hybridized carbons (Fsp3) is 0.889. The summed E-state index contributed by atoms with van der Waals surface area (Å²) in [5.74, 6) is 0.327. The van der Waals surface area contributed by atoms with Gasteiger partial charge < -0.3 is 15.4 Å². The molecule has 0 rings (SSSR count). The summed E-state index contributed by atoms with van der Waals surface area (Å²) in [5.41, 5.74) is 0. The van der Waals surface area contributed by atoms with Crippen LogP contribution in [0.4, 0.5) is 0 Å². The first kappa shape index (κ1) is 21.9. The molecule has 0 heterocycles. The first-order chi connectivity index (χ1) is 11.2. The molecule has 5 heteroatoms. The minimum absolute atomic E-state index is 0.143. The average Bonchev–Trinajstić information content (AvgIpc) is 2.54. The van der Waals surface area contributed by atoms with Gasteiger partial charge in [-0.25, -0.2) is 0 Å². The highest BCUT2D eigenvalue weighted by Gasteiger charge is 2.01. The second kappa shape index (κ2) is 17.3. The van der Waals surface area contributed by atoms with Crippen molar-refractivity contribution in [2.45, 2.75) is 77.6 Å². The van der Waals surface area contributed by atoms with Crippen molar-refractivity contribution in [3.8, 4) is 0 Å². The highest BCUT2D eigenvalue weighted by molar-refractivity contribution is 5.76. The van der Waals surface area contributed by atoms with Crippen molar-refractivity contribution in [2.75, 3.05) is 26.8 Å². The number of carbonyl (C=O) groups excluding carboxylic acids is 2. The Morgan fingerprint density at radius 2 is 1.22 bits per heavy atom. The van der Waals surface area contributed by atoms with Gasteiger partial charge in [0, 0.05) is 39.6 Å². The predicted octanol–water partition coefficient (Wildman–Crippen LogP) is 3.18. The Morgan fingerprint density at radius 3 is 1.70 bits per heavy atom. The molecule has 0 radical (unpaired) electrons. The van der Waals surface area contributed by atoms with Gasteiger partial charge in [0.1, 0.15) is 0 Å². The summed E-state index contributed by atoms with van der Waals surface area (Å²) >= 11 is 0. The Balaban J connectivity index is 3.23. The maximum absolute atomic E-state index is 11.5. The number of nitrogens with one attached hydrogen (secondary N) is 2. The quantitative estimate of drug-likeness (QED) is 0.428. The number of rotatable bonds is 16. The molecule has 0 aromatic carbocycles. The van der Waals surface area contributed by atoms with Crippen molar-refractivity contribution in [3.63, 3.8) is 0 Å². The molecular weight excluding hydrogens is 292 g/mol. The van der Waals surface area contributed by atoms with Gasteiger partial charge in [0.25, 0.3) is 0 Å². The monoisotopic (exact) mass is 328 g/mol. The molecule has 0 aromatic heterocycles. The Kier molecular flexibility index (Phi) is 16.4. The normalized spacial score (nSPS) is 10.5. The summed E-state index contributed by atoms with van der Waals surface area (Å²) in [6.07, 6.45) is 10.7. The zero-order valence-electron chi connectivity index (χ0n) is 15.1. The lowest BCUT2D eigenvalue weighted by molar-refractivity contribution is -0.122. The summed E-state index contributed by atoms with van der Waals surface area (Å²) in [5, 5.41) is 5.84. The lowest BCUT2D eigenvalue weighted by Gasteiger charge is -2.05. The van der Waals surface area contributed by atoms with Gasteiger partial charge in [0.2, 0.25) is 11.8 Å². The zero-order chi connectivity index (χ0) is 17.2. The van der Waals surface area contributed by atoms with Crippen LogP contribution >= 0.6 is 0 Å². The Bertz CT molecular complexity index is 296. The van der Waals surface area contributed by atoms with E-state index in [1.54, 1.807) is 7.11 Å². The van der Waals surface area contributed by atoms with Crippen LogP contribution < -0.4 is 10.6 Å². The molecule has 5 nitrogen and oxygen atoms in total. The molecule has 0 fully saturated rings. The van der Waals surface area contributed by atoms with Gasteiger partial charge in [-0.2, -0.15) is 0 Å². The second-order valence-electron chi connectivity index (χ2n) is 6.02. The van der Waals surface area contributed by atoms with Gasteiger partial charge in [-0.3, -0.25) is 9.59 Å². The van der Waals surface area contributed by atoms with E-state index < -0.39 is 0 Å². The lowest BCUT2D eigenvalue weighted by atomic mass is 10.1. The molecule has 0 aliphatic carbocycles. The summed E-state index contributed by atoms with van der Waals surface area (Å²) < 4.78 is 4.93. The molecule has 0 saturated heterocycles. The maximum atomic E-state index is 11.5. The van der Waals surface area contributed by atoms with Crippen LogP contribution in [0.2, 0.25) is 0 Å². The third-order valence-electron chi connectivity index (χ3n) is 3.76. The van der Waals surface area contributed by atoms with E-state index in [1.807, 2.05) is 0 Å². The first-order valence-electron chi connectivity index (χ1n) is 9.23. The molecule has 23 heavy (non-hydrogen) atoms. The Morgan fingerprint density at radius 1 is 0.739 bits per heavy atom. The van der Waals surface area contributed by atoms with E-state index in [1.165, 1.54) is 0 Å². The molecule has 0 aliphatic heterocycles. The fourth-order valence-electron chi connectivity index (χ4n) is 2.30. The summed E-state index contributed by atoms with van der Waals surface area (Å²) in [4.78, 5) is 23.0. The molecular formula is C18H36N2O3. The van der Waals surface area contributed by atoms with Gasteiger partial charge in [-0.1, -0.05) is 39.0 Å². The summed E-state index contributed by atoms with van der Waals surface area (Å²) in [6, 6.07) is 0. The van der Waals surface area contributed by atoms with Gasteiger partial charge >= 0.3 is 0 Å². The second-order valence-corrected chi connectivity index (χ2v) is 6.02. The molecule has 0 unspecified atom stereocenters. The van der Waals surface area contributed by atoms with Crippen LogP contribution in [-0.4, -0.2) is 38.6 Å². The number of ether oxygens (including phenoxy) is 1. The minimum atomic E-state index is 0.143. The number of hydrogen-bond acceptors (Lipinski definition) is 3. The van der Waals surface area contributed by atoms with Gasteiger partial charge in [-0.05, 0) is 25.7 Å². The van der Waals surface area contributed by atoms with Crippen molar-refractivity contribution in [1.29, 1.82) is 0 Å². The number of hydrogen-bond donors (Lipinski definition) is 2. The molecule has 136 valence electrons. The van der Waals surface area contributed by atoms with E-state index in [-0.39, 0.29) is 11.8 Å². The molecule has 0 spiro atoms. The standard InChI is InChI=1S/C18H36N2O3/c1-3-4-14-19-17(21)12-9-7-5-6-8-10-13-18(22)20-15-11-16-23-2/h3-16H2,1-2H3,(H,19,21)(H,20,22). The maximum Gasteiger partial charge on any atom is 0.219 e. The Labute approximate surface area is 141 Å². The minimum Gasteiger partial charge on any atom is -0.385 e. The Hall–Kier alpha value is -1.10. The van der Waals surface area contributed by atoms with Crippen LogP contribution in [0.3, 0.4) is 0 Å². The molecule has 0 saturated carbocycles. The smallest absolute Gasteiger partial charge is 0.219 e. The van der Waals surface area contributed by atoms with Crippen LogP contribution in [0.15, 0.2) is 0 Å². The third kappa shape index (κ3) is 17.1. The molecule has 0 bridgehead atoms. The molecule has 0 atom stereocenters. The lowest BCUT2D eigenvalue weighted by Crippen LogP contribution is -2.24. The molecule has 2 amide bonds. The van der Waals surface area contributed by atoms with E-state index in [0.29, 0.717) is 26.0 Å². The van der Waals surface area contributed by atoms with Crippen LogP contribution in [0.25, 0.3) is 0 Å². The predicted molar refractivity (Wildman–Crippen MR) is 94.4 cm³/mol. The van der Waals surface area contributed by atoms with Gasteiger partial charge in [-0.15, -0.1) is 0 Å². The first-order valence-corrected chi connectivity index (χ1v) is 9.23. The number of amides is 2. The molecule has 2 N–H and O–H groups in total. The van der Waals surface area contributed by atoms with E-state index in [9.17, 15) is 9.59 Å². The average molecular weight is 328 g/mol. The summed E-state index contributed by atoms with van der Waals surface area (Å²) in [7, 11) is 1.67. The van der Waals surface area contributed by atoms with E-state index in [4.69, 9.17) is 4.74 Å². The van der Waals surface area contributed by atoms with E-state index in [0.717, 1.165) is 64.3 Å². The van der Waals surface area contributed by atoms with Crippen LogP contribution in [0.1, 0.15) is 77.6 Å². The fourth-order valence-corrected chi connectivity index (χ4v) is 2.30. The van der Waals surface area contributed by atoms with Crippen molar-refractivity contribution in [2.24, 2.45) is 0 Å². The topological polar surface area (TPSA) is 67.4 Å². The van der Waals surface area contributed by atoms with Crippen molar-refractivity contribution < 1.29 is 14.3 Å². The zero-order valence-corrected chi connectivity index (χ0v) is 15.1. The molecule has 0 aromatic rings. The van der Waals surface area contributed by atoms with Crippen LogP contribution in [0.5, 0.6) is 0 Å². The highest BCUT2D eigenvalue weighted by Crippen LogP contribution is 2.08. The third-order valence-corrected chi connectivity index (χ3v) is 3.76. The molecule has 0 aliphatic rings. The SMILES string of the molecule is CCCCNC(=O)CCCCCCCCC(=O)NCCCOC. The van der Waals surface area contributed by atoms with Crippen molar-refractivity contribution >= 4 is 11.8 Å². The van der Waals surface area contributed by atoms with Crippen LogP contribution in [-0.2, 0) is 14.3 Å². The number of carbonyl (C=O) groups is 2. The van der Waals surface area contributed by atoms with Crippen molar-refractivity contribution in [3.05, 3.63) is 0 Å². The van der Waals surface area contributed by atoms with Crippen LogP contribution in [0, 0.1) is 0 Å². The van der Waals surface area contributed by atoms with Gasteiger partial charge in [0.15, 0.2) is 0 Å². The van der Waals surface area contributed by atoms with E-state index >= 15 is 0 Å². The largest absolute Gasteiger partial charge is 0.385 e. The van der Waals surface area contributed by atoms with Gasteiger partial charge in [0.05, 0.1) is 0 Å². The number of unbranched alkanes of at least 4 members (excludes halogenated alkanes) is 6. The highest BCUT2D eigenvalue weighted by atomic mass is 16.5. The summed E-state index contributed by atoms with van der Waals surface area (Å²) in [6.45, 7) is 4.32. The van der Waals surface area contributed by atoms with E-state index in [2.05, 4.69) is 17.6 Å². The number of methoxy groups -OCH3 is 1.